The highest BCUT2D eigenvalue weighted by molar-refractivity contribution is 6.31. The third-order valence-corrected chi connectivity index (χ3v) is 5.28. The predicted octanol–water partition coefficient (Wildman–Crippen LogP) is 4.63. The molecule has 2 nitrogen and oxygen atoms in total. The van der Waals surface area contributed by atoms with Gasteiger partial charge in [-0.2, -0.15) is 0 Å². The van der Waals surface area contributed by atoms with Crippen molar-refractivity contribution in [1.29, 1.82) is 0 Å². The van der Waals surface area contributed by atoms with Gasteiger partial charge in [0, 0.05) is 29.8 Å². The molecule has 3 heteroatoms. The first-order valence-corrected chi connectivity index (χ1v) is 8.65. The van der Waals surface area contributed by atoms with Crippen LogP contribution in [-0.4, -0.2) is 19.1 Å². The average Bonchev–Trinajstić information content (AvgIpc) is 2.48. The molecule has 0 aliphatic heterocycles. The minimum Gasteiger partial charge on any atom is -0.372 e. The number of benzene rings is 1. The summed E-state index contributed by atoms with van der Waals surface area (Å²) in [4.78, 5) is 2.41. The summed E-state index contributed by atoms with van der Waals surface area (Å²) < 4.78 is 0. The Hall–Kier alpha value is -0.730. The van der Waals surface area contributed by atoms with Gasteiger partial charge in [-0.05, 0) is 62.6 Å². The smallest absolute Gasteiger partial charge is 0.0459 e. The van der Waals surface area contributed by atoms with Crippen LogP contribution in [0.3, 0.4) is 0 Å². The first-order chi connectivity index (χ1) is 10.0. The number of nitrogens with zero attached hydrogens (tertiary/aromatic N) is 1. The molecule has 0 radical (unpaired) electrons. The third kappa shape index (κ3) is 4.37. The van der Waals surface area contributed by atoms with E-state index in [9.17, 15) is 0 Å². The van der Waals surface area contributed by atoms with Crippen molar-refractivity contribution in [3.05, 3.63) is 28.8 Å². The summed E-state index contributed by atoms with van der Waals surface area (Å²) in [7, 11) is 2.20. The second-order valence-electron chi connectivity index (χ2n) is 6.65. The second-order valence-corrected chi connectivity index (χ2v) is 7.06. The number of anilines is 1. The molecule has 1 fully saturated rings. The van der Waals surface area contributed by atoms with Gasteiger partial charge in [-0.15, -0.1) is 0 Å². The molecule has 1 unspecified atom stereocenters. The lowest BCUT2D eigenvalue weighted by atomic mass is 9.84. The fourth-order valence-corrected chi connectivity index (χ4v) is 3.67. The number of hydrogen-bond donors (Lipinski definition) is 1. The summed E-state index contributed by atoms with van der Waals surface area (Å²) in [5.41, 5.74) is 8.25. The topological polar surface area (TPSA) is 29.3 Å². The number of nitrogens with two attached hydrogens (primary N) is 1. The first-order valence-electron chi connectivity index (χ1n) is 8.28. The highest BCUT2D eigenvalue weighted by Gasteiger charge is 2.23. The lowest BCUT2D eigenvalue weighted by Gasteiger charge is -2.36. The standard InChI is InChI=1S/C18H29ClN2/c1-4-14-5-8-16(9-6-14)21(3)17-10-7-15(11-13(2)20)18(19)12-17/h7,10,12-14,16H,4-6,8-9,11,20H2,1-3H3. The zero-order chi connectivity index (χ0) is 15.4. The molecular formula is C18H29ClN2. The summed E-state index contributed by atoms with van der Waals surface area (Å²) in [5.74, 6) is 0.937. The molecule has 21 heavy (non-hydrogen) atoms. The third-order valence-electron chi connectivity index (χ3n) is 4.93. The molecular weight excluding hydrogens is 280 g/mol. The van der Waals surface area contributed by atoms with Crippen LogP contribution in [0.2, 0.25) is 5.02 Å². The van der Waals surface area contributed by atoms with Crippen molar-refractivity contribution in [3.63, 3.8) is 0 Å². The molecule has 0 spiro atoms. The zero-order valence-electron chi connectivity index (χ0n) is 13.6. The van der Waals surface area contributed by atoms with Crippen LogP contribution in [0.1, 0.15) is 51.5 Å². The minimum absolute atomic E-state index is 0.149. The number of rotatable bonds is 5. The van der Waals surface area contributed by atoms with E-state index in [4.69, 9.17) is 17.3 Å². The van der Waals surface area contributed by atoms with Crippen LogP contribution < -0.4 is 10.6 Å². The minimum atomic E-state index is 0.149. The Morgan fingerprint density at radius 3 is 2.48 bits per heavy atom. The fourth-order valence-electron chi connectivity index (χ4n) is 3.42. The second kappa shape index (κ2) is 7.51. The van der Waals surface area contributed by atoms with E-state index in [1.807, 2.05) is 6.92 Å². The van der Waals surface area contributed by atoms with Crippen molar-refractivity contribution in [2.45, 2.75) is 64.5 Å². The zero-order valence-corrected chi connectivity index (χ0v) is 14.4. The van der Waals surface area contributed by atoms with Crippen molar-refractivity contribution in [3.8, 4) is 0 Å². The summed E-state index contributed by atoms with van der Waals surface area (Å²) >= 11 is 6.42. The molecule has 1 aromatic carbocycles. The molecule has 0 heterocycles. The fraction of sp³-hybridized carbons (Fsp3) is 0.667. The van der Waals surface area contributed by atoms with Crippen molar-refractivity contribution in [2.75, 3.05) is 11.9 Å². The Balaban J connectivity index is 2.03. The maximum Gasteiger partial charge on any atom is 0.0459 e. The molecule has 0 amide bonds. The van der Waals surface area contributed by atoms with E-state index in [1.54, 1.807) is 0 Å². The lowest BCUT2D eigenvalue weighted by molar-refractivity contribution is 0.313. The molecule has 0 aromatic heterocycles. The van der Waals surface area contributed by atoms with Crippen molar-refractivity contribution >= 4 is 17.3 Å². The van der Waals surface area contributed by atoms with Gasteiger partial charge in [0.2, 0.25) is 0 Å². The summed E-state index contributed by atoms with van der Waals surface area (Å²) in [6.45, 7) is 4.33. The molecule has 2 rings (SSSR count). The Labute approximate surface area is 134 Å². The van der Waals surface area contributed by atoms with Gasteiger partial charge in [-0.25, -0.2) is 0 Å². The van der Waals surface area contributed by atoms with Crippen LogP contribution >= 0.6 is 11.6 Å². The lowest BCUT2D eigenvalue weighted by Crippen LogP contribution is -2.35. The molecule has 118 valence electrons. The molecule has 2 N–H and O–H groups in total. The van der Waals surface area contributed by atoms with Gasteiger partial charge in [-0.3, -0.25) is 0 Å². The Morgan fingerprint density at radius 2 is 1.95 bits per heavy atom. The monoisotopic (exact) mass is 308 g/mol. The molecule has 1 aliphatic carbocycles. The van der Waals surface area contributed by atoms with Gasteiger partial charge >= 0.3 is 0 Å². The molecule has 1 aliphatic rings. The van der Waals surface area contributed by atoms with E-state index in [0.29, 0.717) is 6.04 Å². The highest BCUT2D eigenvalue weighted by atomic mass is 35.5. The Bertz CT molecular complexity index is 451. The van der Waals surface area contributed by atoms with Crippen LogP contribution in [0.25, 0.3) is 0 Å². The number of hydrogen-bond acceptors (Lipinski definition) is 2. The van der Waals surface area contributed by atoms with E-state index in [0.717, 1.165) is 22.9 Å². The highest BCUT2D eigenvalue weighted by Crippen LogP contribution is 2.32. The van der Waals surface area contributed by atoms with E-state index >= 15 is 0 Å². The van der Waals surface area contributed by atoms with Crippen LogP contribution in [-0.2, 0) is 6.42 Å². The molecule has 0 saturated heterocycles. The molecule has 0 bridgehead atoms. The normalized spacial score (nSPS) is 23.9. The predicted molar refractivity (Wildman–Crippen MR) is 93.2 cm³/mol. The summed E-state index contributed by atoms with van der Waals surface area (Å²) in [6, 6.07) is 7.23. The summed E-state index contributed by atoms with van der Waals surface area (Å²) in [6.07, 6.45) is 7.49. The van der Waals surface area contributed by atoms with Crippen molar-refractivity contribution < 1.29 is 0 Å². The van der Waals surface area contributed by atoms with Crippen LogP contribution in [0.15, 0.2) is 18.2 Å². The Morgan fingerprint density at radius 1 is 1.29 bits per heavy atom. The van der Waals surface area contributed by atoms with Gasteiger partial charge in [0.05, 0.1) is 0 Å². The van der Waals surface area contributed by atoms with Gasteiger partial charge in [0.15, 0.2) is 0 Å². The van der Waals surface area contributed by atoms with E-state index < -0.39 is 0 Å². The summed E-state index contributed by atoms with van der Waals surface area (Å²) in [5, 5.41) is 0.846. The maximum atomic E-state index is 6.42. The molecule has 1 saturated carbocycles. The van der Waals surface area contributed by atoms with E-state index in [2.05, 4.69) is 37.1 Å². The quantitative estimate of drug-likeness (QED) is 0.859. The van der Waals surface area contributed by atoms with Crippen LogP contribution in [0, 0.1) is 5.92 Å². The van der Waals surface area contributed by atoms with Gasteiger partial charge in [0.1, 0.15) is 0 Å². The van der Waals surface area contributed by atoms with Crippen molar-refractivity contribution in [1.82, 2.24) is 0 Å². The molecule has 1 aromatic rings. The van der Waals surface area contributed by atoms with Gasteiger partial charge < -0.3 is 10.6 Å². The van der Waals surface area contributed by atoms with Crippen LogP contribution in [0.5, 0.6) is 0 Å². The maximum absolute atomic E-state index is 6.42. The van der Waals surface area contributed by atoms with Gasteiger partial charge in [0.25, 0.3) is 0 Å². The average molecular weight is 309 g/mol. The SMILES string of the molecule is CCC1CCC(N(C)c2ccc(CC(C)N)c(Cl)c2)CC1. The van der Waals surface area contributed by atoms with E-state index in [-0.39, 0.29) is 6.04 Å². The Kier molecular flexibility index (Phi) is 5.95. The first kappa shape index (κ1) is 16.6. The number of halogens is 1. The van der Waals surface area contributed by atoms with E-state index in [1.165, 1.54) is 37.8 Å². The van der Waals surface area contributed by atoms with Crippen LogP contribution in [0.4, 0.5) is 5.69 Å². The van der Waals surface area contributed by atoms with Gasteiger partial charge in [-0.1, -0.05) is 31.0 Å². The van der Waals surface area contributed by atoms with Crippen molar-refractivity contribution in [2.24, 2.45) is 11.7 Å². The molecule has 1 atom stereocenters. The largest absolute Gasteiger partial charge is 0.372 e.